The molecule has 0 spiro atoms. The van der Waals surface area contributed by atoms with Crippen molar-refractivity contribution in [3.8, 4) is 0 Å². The van der Waals surface area contributed by atoms with Crippen LogP contribution in [0.4, 0.5) is 0 Å². The number of hydrogen-bond donors (Lipinski definition) is 0. The Kier molecular flexibility index (Phi) is 8.73. The fourth-order valence-corrected chi connectivity index (χ4v) is 2.13. The van der Waals surface area contributed by atoms with Gasteiger partial charge in [0, 0.05) is 5.56 Å². The van der Waals surface area contributed by atoms with E-state index in [1.807, 2.05) is 0 Å². The average Bonchev–Trinajstić information content (AvgIpc) is 2.14. The molecule has 0 aliphatic heterocycles. The van der Waals surface area contributed by atoms with Crippen LogP contribution in [0.2, 0.25) is 0 Å². The number of carbonyl (C=O) groups is 1. The Morgan fingerprint density at radius 2 is 1.17 bits per heavy atom. The molecule has 88 valence electrons. The summed E-state index contributed by atoms with van der Waals surface area (Å²) >= 11 is 0. The Hall–Kier alpha value is 0.710. The molecule has 0 atom stereocenters. The van der Waals surface area contributed by atoms with Crippen molar-refractivity contribution in [3.05, 3.63) is 23.8 Å². The maximum absolute atomic E-state index is 10.6. The first-order chi connectivity index (χ1) is 7.14. The molecule has 0 bridgehead atoms. The van der Waals surface area contributed by atoms with E-state index < -0.39 is 30.0 Å². The summed E-state index contributed by atoms with van der Waals surface area (Å²) < 4.78 is 63.7. The van der Waals surface area contributed by atoms with E-state index in [-0.39, 0.29) is 71.0 Å². The molecule has 0 saturated heterocycles. The molecule has 0 aromatic heterocycles. The van der Waals surface area contributed by atoms with E-state index in [1.54, 1.807) is 0 Å². The van der Waals surface area contributed by atoms with Crippen LogP contribution in [0.3, 0.4) is 0 Å². The van der Waals surface area contributed by atoms with Crippen LogP contribution in [-0.4, -0.2) is 32.2 Å². The molecule has 0 N–H and O–H groups in total. The summed E-state index contributed by atoms with van der Waals surface area (Å²) in [5, 5.41) is 0. The van der Waals surface area contributed by atoms with Gasteiger partial charge < -0.3 is 9.11 Å². The summed E-state index contributed by atoms with van der Waals surface area (Å²) in [6.45, 7) is 0. The molecule has 7 nitrogen and oxygen atoms in total. The van der Waals surface area contributed by atoms with Gasteiger partial charge in [-0.3, -0.25) is 4.79 Å². The van der Waals surface area contributed by atoms with E-state index in [1.165, 1.54) is 0 Å². The first kappa shape index (κ1) is 21.0. The van der Waals surface area contributed by atoms with Gasteiger partial charge in [0.15, 0.2) is 0 Å². The first-order valence-corrected chi connectivity index (χ1v) is 6.48. The van der Waals surface area contributed by atoms with Crippen molar-refractivity contribution >= 4 is 26.5 Å². The summed E-state index contributed by atoms with van der Waals surface area (Å²) in [5.41, 5.74) is -0.383. The summed E-state index contributed by atoms with van der Waals surface area (Å²) in [5.74, 6) is 0. The minimum Gasteiger partial charge on any atom is -0.744 e. The Labute approximate surface area is 148 Å². The minimum atomic E-state index is -4.93. The average molecular weight is 310 g/mol. The zero-order valence-electron chi connectivity index (χ0n) is 9.48. The Bertz CT molecular complexity index is 586. The van der Waals surface area contributed by atoms with Crippen molar-refractivity contribution in [2.75, 3.05) is 0 Å². The monoisotopic (exact) mass is 310 g/mol. The third-order valence-electron chi connectivity index (χ3n) is 1.62. The minimum absolute atomic E-state index is 0. The van der Waals surface area contributed by atoms with Crippen LogP contribution in [0, 0.1) is 0 Å². The fraction of sp³-hybridized carbons (Fsp3) is 0. The Morgan fingerprint density at radius 1 is 0.833 bits per heavy atom. The fourth-order valence-electron chi connectivity index (χ4n) is 0.950. The van der Waals surface area contributed by atoms with Gasteiger partial charge in [0.05, 0.1) is 9.79 Å². The summed E-state index contributed by atoms with van der Waals surface area (Å²) in [4.78, 5) is 8.49. The van der Waals surface area contributed by atoms with Gasteiger partial charge >= 0.3 is 59.1 Å². The molecule has 0 saturated carbocycles. The second kappa shape index (κ2) is 7.48. The van der Waals surface area contributed by atoms with Gasteiger partial charge in [-0.25, -0.2) is 16.8 Å². The number of carbonyl (C=O) groups excluding carboxylic acids is 1. The smallest absolute Gasteiger partial charge is 0.744 e. The summed E-state index contributed by atoms with van der Waals surface area (Å²) in [6.07, 6.45) is 0.128. The largest absolute Gasteiger partial charge is 1.00 e. The predicted octanol–water partition coefficient (Wildman–Crippen LogP) is -6.68. The Balaban J connectivity index is 0. The van der Waals surface area contributed by atoms with Crippen molar-refractivity contribution in [1.82, 2.24) is 0 Å². The second-order valence-corrected chi connectivity index (χ2v) is 5.52. The zero-order valence-corrected chi connectivity index (χ0v) is 15.1. The maximum atomic E-state index is 10.6. The van der Waals surface area contributed by atoms with Crippen molar-refractivity contribution in [2.24, 2.45) is 0 Å². The maximum Gasteiger partial charge on any atom is 1.00 e. The van der Waals surface area contributed by atoms with Crippen molar-refractivity contribution in [2.45, 2.75) is 9.79 Å². The summed E-state index contributed by atoms with van der Waals surface area (Å²) in [6, 6.07) is 1.78. The SMILES string of the molecule is O=Cc1cc(S(=O)(=O)[O-])cc(S(=O)(=O)[O-])c1.[Na+].[Na+]. The molecule has 1 aromatic carbocycles. The molecule has 0 aliphatic carbocycles. The van der Waals surface area contributed by atoms with Crippen molar-refractivity contribution < 1.29 is 89.9 Å². The van der Waals surface area contributed by atoms with E-state index in [0.717, 1.165) is 0 Å². The van der Waals surface area contributed by atoms with E-state index in [4.69, 9.17) is 0 Å². The predicted molar refractivity (Wildman–Crippen MR) is 47.8 cm³/mol. The van der Waals surface area contributed by atoms with Crippen LogP contribution in [0.5, 0.6) is 0 Å². The standard InChI is InChI=1S/C7H6O7S2.2Na/c8-4-5-1-6(15(9,10)11)3-7(2-5)16(12,13)14;;/h1-4H,(H,9,10,11)(H,12,13,14);;/q;2*+1/p-2. The van der Waals surface area contributed by atoms with Gasteiger partial charge in [-0.1, -0.05) is 0 Å². The molecule has 0 aliphatic rings. The van der Waals surface area contributed by atoms with Crippen LogP contribution >= 0.6 is 0 Å². The van der Waals surface area contributed by atoms with Gasteiger partial charge in [-0.2, -0.15) is 0 Å². The molecule has 0 amide bonds. The quantitative estimate of drug-likeness (QED) is 0.308. The normalized spacial score (nSPS) is 11.0. The van der Waals surface area contributed by atoms with Crippen LogP contribution in [0.25, 0.3) is 0 Å². The number of hydrogen-bond acceptors (Lipinski definition) is 7. The molecule has 0 unspecified atom stereocenters. The van der Waals surface area contributed by atoms with Gasteiger partial charge in [0.2, 0.25) is 0 Å². The van der Waals surface area contributed by atoms with Gasteiger partial charge in [-0.05, 0) is 18.2 Å². The van der Waals surface area contributed by atoms with E-state index in [2.05, 4.69) is 0 Å². The molecule has 11 heteroatoms. The number of benzene rings is 1. The topological polar surface area (TPSA) is 131 Å². The first-order valence-electron chi connectivity index (χ1n) is 3.66. The van der Waals surface area contributed by atoms with E-state index in [9.17, 15) is 30.7 Å². The van der Waals surface area contributed by atoms with Gasteiger partial charge in [0.25, 0.3) is 0 Å². The van der Waals surface area contributed by atoms with Gasteiger partial charge in [0.1, 0.15) is 26.5 Å². The molecular weight excluding hydrogens is 306 g/mol. The molecule has 1 aromatic rings. The zero-order chi connectivity index (χ0) is 12.6. The van der Waals surface area contributed by atoms with E-state index in [0.29, 0.717) is 18.2 Å². The Morgan fingerprint density at radius 3 is 1.39 bits per heavy atom. The third kappa shape index (κ3) is 5.78. The molecule has 0 heterocycles. The van der Waals surface area contributed by atoms with Crippen LogP contribution in [-0.2, 0) is 20.2 Å². The number of rotatable bonds is 3. The summed E-state index contributed by atoms with van der Waals surface area (Å²) in [7, 11) is -9.86. The van der Waals surface area contributed by atoms with Crippen LogP contribution in [0.1, 0.15) is 10.4 Å². The number of aldehydes is 1. The molecular formula is C7H4Na2O7S2. The van der Waals surface area contributed by atoms with Crippen LogP contribution in [0.15, 0.2) is 28.0 Å². The van der Waals surface area contributed by atoms with E-state index >= 15 is 0 Å². The van der Waals surface area contributed by atoms with Crippen molar-refractivity contribution in [1.29, 1.82) is 0 Å². The molecule has 18 heavy (non-hydrogen) atoms. The second-order valence-electron chi connectivity index (χ2n) is 2.76. The van der Waals surface area contributed by atoms with Gasteiger partial charge in [-0.15, -0.1) is 0 Å². The molecule has 0 fully saturated rings. The third-order valence-corrected chi connectivity index (χ3v) is 3.24. The van der Waals surface area contributed by atoms with Crippen LogP contribution < -0.4 is 59.1 Å². The van der Waals surface area contributed by atoms with Crippen molar-refractivity contribution in [3.63, 3.8) is 0 Å². The molecule has 0 radical (unpaired) electrons. The molecule has 1 rings (SSSR count).